The number of nitrogens with two attached hydrogens (primary N) is 1. The molecule has 2 fully saturated rings. The van der Waals surface area contributed by atoms with Crippen molar-refractivity contribution in [3.05, 3.63) is 62.9 Å². The minimum atomic E-state index is -2.38. The maximum atomic E-state index is 13.1. The standard InChI is InChI=1S/C34H52N6O11/c1-4-5-6-7-8-9-21-10-12-22(13-11-21)37-25(42)15-14-24(36-20(2)41)39(3)31(51-32-28(45)27(44)23(18-35)50-32)29-30(46)34(48,19-49-29)40-17-16-26(43)38-33(40)47/h10-13,16-17,23-24,27-32,44-46,48H,4-9,14-15,18-19,35H2,1-3H3,(H,36,41)(H,37,42)(H,38,43,47)/t23-,24?,27-,28-,29+,30?,31-,32?,34?/m1/s1. The number of hydrogen-bond donors (Lipinski definition) is 8. The highest BCUT2D eigenvalue weighted by Gasteiger charge is 2.56. The largest absolute Gasteiger partial charge is 0.387 e. The van der Waals surface area contributed by atoms with Crippen LogP contribution in [0.3, 0.4) is 0 Å². The minimum Gasteiger partial charge on any atom is -0.387 e. The maximum absolute atomic E-state index is 13.1. The van der Waals surface area contributed by atoms with Crippen molar-refractivity contribution >= 4 is 17.5 Å². The van der Waals surface area contributed by atoms with Crippen LogP contribution in [0.25, 0.3) is 0 Å². The molecule has 9 atom stereocenters. The molecule has 0 radical (unpaired) electrons. The number of nitrogens with one attached hydrogen (secondary N) is 3. The number of likely N-dealkylation sites (N-methyl/N-ethyl adjacent to an activating group) is 1. The molecule has 17 nitrogen and oxygen atoms in total. The number of aromatic amines is 1. The lowest BCUT2D eigenvalue weighted by atomic mass is 10.0. The Balaban J connectivity index is 1.50. The Labute approximate surface area is 295 Å². The van der Waals surface area contributed by atoms with Crippen LogP contribution < -0.4 is 27.6 Å². The van der Waals surface area contributed by atoms with Crippen molar-refractivity contribution < 1.29 is 44.2 Å². The fourth-order valence-electron chi connectivity index (χ4n) is 6.36. The highest BCUT2D eigenvalue weighted by Crippen LogP contribution is 2.34. The molecule has 0 spiro atoms. The molecular formula is C34H52N6O11. The van der Waals surface area contributed by atoms with Gasteiger partial charge in [-0.25, -0.2) is 4.79 Å². The van der Waals surface area contributed by atoms with Gasteiger partial charge in [0.1, 0.15) is 36.7 Å². The second kappa shape index (κ2) is 18.3. The highest BCUT2D eigenvalue weighted by atomic mass is 16.7. The number of carbonyl (C=O) groups excluding carboxylic acids is 2. The van der Waals surface area contributed by atoms with Gasteiger partial charge in [-0.05, 0) is 44.0 Å². The summed E-state index contributed by atoms with van der Waals surface area (Å²) in [5.74, 6) is -0.799. The molecule has 9 N–H and O–H groups in total. The highest BCUT2D eigenvalue weighted by molar-refractivity contribution is 5.90. The van der Waals surface area contributed by atoms with E-state index in [1.54, 1.807) is 0 Å². The number of carbonyl (C=O) groups is 2. The summed E-state index contributed by atoms with van der Waals surface area (Å²) < 4.78 is 18.2. The smallest absolute Gasteiger partial charge is 0.330 e. The molecule has 3 heterocycles. The van der Waals surface area contributed by atoms with E-state index in [4.69, 9.17) is 19.9 Å². The normalized spacial score (nSPS) is 27.4. The van der Waals surface area contributed by atoms with Gasteiger partial charge in [-0.1, -0.05) is 44.7 Å². The number of aromatic nitrogens is 2. The predicted octanol–water partition coefficient (Wildman–Crippen LogP) is -0.985. The van der Waals surface area contributed by atoms with Crippen LogP contribution in [0, 0.1) is 0 Å². The van der Waals surface area contributed by atoms with E-state index >= 15 is 0 Å². The Morgan fingerprint density at radius 2 is 1.82 bits per heavy atom. The number of hydrogen-bond acceptors (Lipinski definition) is 13. The lowest BCUT2D eigenvalue weighted by Crippen LogP contribution is -2.60. The third-order valence-electron chi connectivity index (χ3n) is 9.33. The van der Waals surface area contributed by atoms with Crippen LogP contribution in [0.15, 0.2) is 46.1 Å². The van der Waals surface area contributed by atoms with Crippen molar-refractivity contribution in [2.45, 2.75) is 120 Å². The van der Waals surface area contributed by atoms with Gasteiger partial charge in [-0.15, -0.1) is 0 Å². The van der Waals surface area contributed by atoms with E-state index in [0.29, 0.717) is 10.3 Å². The van der Waals surface area contributed by atoms with Gasteiger partial charge in [0.25, 0.3) is 5.56 Å². The first-order valence-electron chi connectivity index (χ1n) is 17.4. The molecule has 4 unspecified atom stereocenters. The number of benzene rings is 1. The summed E-state index contributed by atoms with van der Waals surface area (Å²) in [5, 5.41) is 49.7. The van der Waals surface area contributed by atoms with Gasteiger partial charge in [0.15, 0.2) is 12.0 Å². The second-order valence-corrected chi connectivity index (χ2v) is 13.2. The number of aryl methyl sites for hydroxylation is 1. The van der Waals surface area contributed by atoms with Crippen molar-refractivity contribution in [3.63, 3.8) is 0 Å². The summed E-state index contributed by atoms with van der Waals surface area (Å²) in [6.45, 7) is 2.67. The van der Waals surface area contributed by atoms with Crippen LogP contribution >= 0.6 is 0 Å². The number of amides is 2. The molecule has 1 aromatic carbocycles. The number of unbranched alkanes of at least 4 members (excludes halogenated alkanes) is 4. The van der Waals surface area contributed by atoms with Crippen LogP contribution in [0.2, 0.25) is 0 Å². The summed E-state index contributed by atoms with van der Waals surface area (Å²) in [5.41, 5.74) is 3.35. The first kappa shape index (κ1) is 40.3. The SMILES string of the molecule is CCCCCCCc1ccc(NC(=O)CCC(NC(C)=O)N(C)[C@H](OC2O[C@H](CN)[C@@H](O)[C@H]2O)[C@H]2OCC(O)(n3ccc(=O)[nH]c3=O)C2O)cc1. The van der Waals surface area contributed by atoms with Crippen LogP contribution in [-0.2, 0) is 35.9 Å². The zero-order valence-electron chi connectivity index (χ0n) is 29.3. The van der Waals surface area contributed by atoms with Gasteiger partial charge in [0.05, 0.1) is 12.8 Å². The number of anilines is 1. The molecule has 0 aliphatic carbocycles. The van der Waals surface area contributed by atoms with Gasteiger partial charge < -0.3 is 51.0 Å². The zero-order valence-corrected chi connectivity index (χ0v) is 29.3. The molecule has 2 saturated heterocycles. The topological polar surface area (TPSA) is 251 Å². The lowest BCUT2D eigenvalue weighted by Gasteiger charge is -2.40. The van der Waals surface area contributed by atoms with Gasteiger partial charge in [-0.3, -0.25) is 28.8 Å². The molecule has 1 aromatic heterocycles. The molecule has 0 saturated carbocycles. The Bertz CT molecular complexity index is 1550. The Hall–Kier alpha value is -3.52. The number of aliphatic hydroxyl groups is 4. The first-order valence-corrected chi connectivity index (χ1v) is 17.4. The van der Waals surface area contributed by atoms with Gasteiger partial charge in [-0.2, -0.15) is 0 Å². The number of H-pyrrole nitrogens is 1. The Morgan fingerprint density at radius 3 is 2.45 bits per heavy atom. The van der Waals surface area contributed by atoms with E-state index in [1.807, 2.05) is 29.2 Å². The summed E-state index contributed by atoms with van der Waals surface area (Å²) in [6, 6.07) is 8.62. The number of rotatable bonds is 18. The molecule has 0 bridgehead atoms. The van der Waals surface area contributed by atoms with Crippen LogP contribution in [-0.4, -0.2) is 116 Å². The quantitative estimate of drug-likeness (QED) is 0.0682. The van der Waals surface area contributed by atoms with Gasteiger partial charge >= 0.3 is 5.69 Å². The average molecular weight is 721 g/mol. The number of aliphatic hydroxyl groups excluding tert-OH is 3. The predicted molar refractivity (Wildman–Crippen MR) is 184 cm³/mol. The van der Waals surface area contributed by atoms with Gasteiger partial charge in [0, 0.05) is 37.8 Å². The fraction of sp³-hybridized carbons (Fsp3) is 0.647. The summed E-state index contributed by atoms with van der Waals surface area (Å²) in [6.07, 6.45) is -3.38. The fourth-order valence-corrected chi connectivity index (χ4v) is 6.36. The number of nitrogens with zero attached hydrogens (tertiary/aromatic N) is 2. The Morgan fingerprint density at radius 1 is 1.12 bits per heavy atom. The van der Waals surface area contributed by atoms with E-state index in [0.717, 1.165) is 25.1 Å². The molecule has 2 aromatic rings. The van der Waals surface area contributed by atoms with Crippen molar-refractivity contribution in [3.8, 4) is 0 Å². The summed E-state index contributed by atoms with van der Waals surface area (Å²) in [4.78, 5) is 53.1. The van der Waals surface area contributed by atoms with E-state index in [9.17, 15) is 39.6 Å². The van der Waals surface area contributed by atoms with E-state index in [-0.39, 0.29) is 25.3 Å². The monoisotopic (exact) mass is 720 g/mol. The Kier molecular flexibility index (Phi) is 14.4. The first-order chi connectivity index (χ1) is 24.3. The third-order valence-corrected chi connectivity index (χ3v) is 9.33. The van der Waals surface area contributed by atoms with Crippen molar-refractivity contribution in [2.24, 2.45) is 5.73 Å². The molecule has 17 heteroatoms. The minimum absolute atomic E-state index is 0.0339. The van der Waals surface area contributed by atoms with E-state index in [2.05, 4.69) is 17.6 Å². The molecule has 2 aliphatic heterocycles. The molecule has 2 aliphatic rings. The van der Waals surface area contributed by atoms with Crippen LogP contribution in [0.4, 0.5) is 5.69 Å². The van der Waals surface area contributed by atoms with Crippen molar-refractivity contribution in [2.75, 3.05) is 25.5 Å². The molecule has 2 amide bonds. The van der Waals surface area contributed by atoms with E-state index < -0.39 is 78.7 Å². The summed E-state index contributed by atoms with van der Waals surface area (Å²) >= 11 is 0. The molecule has 4 rings (SSSR count). The summed E-state index contributed by atoms with van der Waals surface area (Å²) in [7, 11) is 1.49. The zero-order chi connectivity index (χ0) is 37.3. The van der Waals surface area contributed by atoms with Crippen LogP contribution in [0.1, 0.15) is 64.4 Å². The maximum Gasteiger partial charge on any atom is 0.330 e. The van der Waals surface area contributed by atoms with E-state index in [1.165, 1.54) is 50.1 Å². The molecule has 51 heavy (non-hydrogen) atoms. The second-order valence-electron chi connectivity index (χ2n) is 13.2. The lowest BCUT2D eigenvalue weighted by molar-refractivity contribution is -0.256. The number of ether oxygens (including phenoxy) is 3. The molecular weight excluding hydrogens is 668 g/mol. The third kappa shape index (κ3) is 10.1. The average Bonchev–Trinajstić information content (AvgIpc) is 3.54. The van der Waals surface area contributed by atoms with Gasteiger partial charge in [0.2, 0.25) is 11.8 Å². The van der Waals surface area contributed by atoms with Crippen molar-refractivity contribution in [1.29, 1.82) is 0 Å². The van der Waals surface area contributed by atoms with Crippen molar-refractivity contribution in [1.82, 2.24) is 19.8 Å². The molecule has 284 valence electrons. The van der Waals surface area contributed by atoms with Crippen LogP contribution in [0.5, 0.6) is 0 Å².